The van der Waals surface area contributed by atoms with Gasteiger partial charge in [-0.05, 0) is 42.5 Å². The first kappa shape index (κ1) is 18.6. The van der Waals surface area contributed by atoms with Gasteiger partial charge in [-0.2, -0.15) is 5.10 Å². The van der Waals surface area contributed by atoms with E-state index in [1.165, 1.54) is 24.4 Å². The standard InChI is InChI=1S/C18H13ClN4O3S/c19-16-10-13(23(24)25)6-8-15(16)17-9-7-14(26-17)11-20-22-18(27)21-12-4-2-1-3-5-12/h1-11H,(H2,21,22,27). The van der Waals surface area contributed by atoms with Gasteiger partial charge in [0, 0.05) is 23.4 Å². The Hall–Kier alpha value is -3.23. The lowest BCUT2D eigenvalue weighted by molar-refractivity contribution is -0.384. The van der Waals surface area contributed by atoms with Crippen LogP contribution in [-0.4, -0.2) is 16.3 Å². The van der Waals surface area contributed by atoms with E-state index in [0.29, 0.717) is 22.2 Å². The quantitative estimate of drug-likeness (QED) is 0.276. The molecule has 0 saturated heterocycles. The first-order valence-electron chi connectivity index (χ1n) is 7.72. The molecule has 2 N–H and O–H groups in total. The van der Waals surface area contributed by atoms with E-state index in [1.54, 1.807) is 12.1 Å². The maximum absolute atomic E-state index is 10.8. The molecule has 1 heterocycles. The second-order valence-electron chi connectivity index (χ2n) is 5.31. The van der Waals surface area contributed by atoms with Gasteiger partial charge in [0.15, 0.2) is 5.11 Å². The molecule has 9 heteroatoms. The topological polar surface area (TPSA) is 92.7 Å². The van der Waals surface area contributed by atoms with Gasteiger partial charge in [0.05, 0.1) is 16.2 Å². The third-order valence-corrected chi connectivity index (χ3v) is 3.95. The normalized spacial score (nSPS) is 10.7. The Kier molecular flexibility index (Phi) is 5.80. The van der Waals surface area contributed by atoms with Crippen LogP contribution in [0.15, 0.2) is 70.2 Å². The summed E-state index contributed by atoms with van der Waals surface area (Å²) in [6, 6.07) is 17.0. The zero-order valence-corrected chi connectivity index (χ0v) is 15.3. The Morgan fingerprint density at radius 2 is 1.96 bits per heavy atom. The molecule has 0 unspecified atom stereocenters. The van der Waals surface area contributed by atoms with Gasteiger partial charge >= 0.3 is 0 Å². The third-order valence-electron chi connectivity index (χ3n) is 3.45. The van der Waals surface area contributed by atoms with Crippen LogP contribution in [0.2, 0.25) is 5.02 Å². The number of thiocarbonyl (C=S) groups is 1. The predicted octanol–water partition coefficient (Wildman–Crippen LogP) is 4.83. The lowest BCUT2D eigenvalue weighted by Gasteiger charge is -2.05. The van der Waals surface area contributed by atoms with Crippen molar-refractivity contribution in [3.63, 3.8) is 0 Å². The number of halogens is 1. The summed E-state index contributed by atoms with van der Waals surface area (Å²) in [5, 5.41) is 18.3. The number of hydrazone groups is 1. The highest BCUT2D eigenvalue weighted by molar-refractivity contribution is 7.80. The summed E-state index contributed by atoms with van der Waals surface area (Å²) >= 11 is 11.2. The van der Waals surface area contributed by atoms with Crippen molar-refractivity contribution >= 4 is 46.5 Å². The van der Waals surface area contributed by atoms with Crippen molar-refractivity contribution in [2.75, 3.05) is 5.32 Å². The van der Waals surface area contributed by atoms with Gasteiger partial charge in [-0.15, -0.1) is 0 Å². The lowest BCUT2D eigenvalue weighted by Crippen LogP contribution is -2.23. The van der Waals surface area contributed by atoms with Crippen LogP contribution in [-0.2, 0) is 0 Å². The fraction of sp³-hybridized carbons (Fsp3) is 0. The molecule has 0 radical (unpaired) electrons. The van der Waals surface area contributed by atoms with Crippen molar-refractivity contribution in [1.29, 1.82) is 0 Å². The van der Waals surface area contributed by atoms with Crippen molar-refractivity contribution in [2.24, 2.45) is 5.10 Å². The molecular formula is C18H13ClN4O3S. The third kappa shape index (κ3) is 4.90. The number of hydrogen-bond acceptors (Lipinski definition) is 5. The monoisotopic (exact) mass is 400 g/mol. The molecule has 7 nitrogen and oxygen atoms in total. The molecule has 3 aromatic rings. The van der Waals surface area contributed by atoms with Crippen LogP contribution in [0.1, 0.15) is 5.76 Å². The molecule has 0 fully saturated rings. The van der Waals surface area contributed by atoms with Crippen LogP contribution >= 0.6 is 23.8 Å². The smallest absolute Gasteiger partial charge is 0.270 e. The van der Waals surface area contributed by atoms with Crippen molar-refractivity contribution in [2.45, 2.75) is 0 Å². The molecule has 1 aromatic heterocycles. The van der Waals surface area contributed by atoms with Gasteiger partial charge in [-0.25, -0.2) is 0 Å². The fourth-order valence-corrected chi connectivity index (χ4v) is 2.66. The van der Waals surface area contributed by atoms with Crippen molar-refractivity contribution in [3.05, 3.63) is 81.6 Å². The molecule has 27 heavy (non-hydrogen) atoms. The van der Waals surface area contributed by atoms with Gasteiger partial charge < -0.3 is 9.73 Å². The van der Waals surface area contributed by atoms with Crippen LogP contribution in [0.4, 0.5) is 11.4 Å². The number of para-hydroxylation sites is 1. The summed E-state index contributed by atoms with van der Waals surface area (Å²) in [7, 11) is 0. The van der Waals surface area contributed by atoms with Crippen LogP contribution in [0.3, 0.4) is 0 Å². The van der Waals surface area contributed by atoms with E-state index < -0.39 is 4.92 Å². The summed E-state index contributed by atoms with van der Waals surface area (Å²) in [5.74, 6) is 0.941. The number of hydrogen-bond donors (Lipinski definition) is 2. The Balaban J connectivity index is 1.63. The van der Waals surface area contributed by atoms with Crippen LogP contribution in [0.25, 0.3) is 11.3 Å². The van der Waals surface area contributed by atoms with Crippen LogP contribution in [0, 0.1) is 10.1 Å². The summed E-state index contributed by atoms with van der Waals surface area (Å²) in [5.41, 5.74) is 4.00. The molecule has 0 aliphatic heterocycles. The Morgan fingerprint density at radius 3 is 2.67 bits per heavy atom. The predicted molar refractivity (Wildman–Crippen MR) is 109 cm³/mol. The number of nitro benzene ring substituents is 1. The minimum absolute atomic E-state index is 0.0827. The van der Waals surface area contributed by atoms with E-state index in [-0.39, 0.29) is 10.7 Å². The van der Waals surface area contributed by atoms with E-state index in [1.807, 2.05) is 30.3 Å². The number of non-ortho nitro benzene ring substituents is 1. The SMILES string of the molecule is O=[N+]([O-])c1ccc(-c2ccc(C=NNC(=S)Nc3ccccc3)o2)c(Cl)c1. The average Bonchev–Trinajstić information content (AvgIpc) is 3.11. The average molecular weight is 401 g/mol. The highest BCUT2D eigenvalue weighted by Gasteiger charge is 2.13. The summed E-state index contributed by atoms with van der Waals surface area (Å²) in [6.07, 6.45) is 1.46. The van der Waals surface area contributed by atoms with E-state index in [2.05, 4.69) is 15.8 Å². The molecular weight excluding hydrogens is 388 g/mol. The first-order chi connectivity index (χ1) is 13.0. The minimum atomic E-state index is -0.506. The van der Waals surface area contributed by atoms with Crippen molar-refractivity contribution in [3.8, 4) is 11.3 Å². The summed E-state index contributed by atoms with van der Waals surface area (Å²) in [6.45, 7) is 0. The van der Waals surface area contributed by atoms with Gasteiger partial charge in [-0.1, -0.05) is 29.8 Å². The Morgan fingerprint density at radius 1 is 1.19 bits per heavy atom. The minimum Gasteiger partial charge on any atom is -0.455 e. The molecule has 136 valence electrons. The second kappa shape index (κ2) is 8.43. The lowest BCUT2D eigenvalue weighted by atomic mass is 10.1. The molecule has 0 aliphatic rings. The van der Waals surface area contributed by atoms with Gasteiger partial charge in [0.2, 0.25) is 0 Å². The van der Waals surface area contributed by atoms with E-state index in [0.717, 1.165) is 5.69 Å². The van der Waals surface area contributed by atoms with Gasteiger partial charge in [-0.3, -0.25) is 15.5 Å². The molecule has 2 aromatic carbocycles. The number of anilines is 1. The van der Waals surface area contributed by atoms with Crippen LogP contribution < -0.4 is 10.7 Å². The largest absolute Gasteiger partial charge is 0.455 e. The highest BCUT2D eigenvalue weighted by Crippen LogP contribution is 2.31. The number of nitro groups is 1. The fourth-order valence-electron chi connectivity index (χ4n) is 2.22. The van der Waals surface area contributed by atoms with Crippen LogP contribution in [0.5, 0.6) is 0 Å². The zero-order valence-electron chi connectivity index (χ0n) is 13.8. The number of nitrogens with one attached hydrogen (secondary N) is 2. The number of rotatable bonds is 5. The van der Waals surface area contributed by atoms with E-state index in [4.69, 9.17) is 28.2 Å². The molecule has 0 atom stereocenters. The maximum Gasteiger partial charge on any atom is 0.270 e. The highest BCUT2D eigenvalue weighted by atomic mass is 35.5. The number of nitrogens with zero attached hydrogens (tertiary/aromatic N) is 2. The van der Waals surface area contributed by atoms with E-state index in [9.17, 15) is 10.1 Å². The first-order valence-corrected chi connectivity index (χ1v) is 8.51. The molecule has 0 saturated carbocycles. The van der Waals surface area contributed by atoms with Crippen molar-refractivity contribution in [1.82, 2.24) is 5.43 Å². The molecule has 0 amide bonds. The molecule has 0 aliphatic carbocycles. The second-order valence-corrected chi connectivity index (χ2v) is 6.13. The summed E-state index contributed by atoms with van der Waals surface area (Å²) in [4.78, 5) is 10.3. The van der Waals surface area contributed by atoms with Gasteiger partial charge in [0.1, 0.15) is 11.5 Å². The molecule has 3 rings (SSSR count). The Labute approximate surface area is 164 Å². The Bertz CT molecular complexity index is 1000. The molecule has 0 bridgehead atoms. The summed E-state index contributed by atoms with van der Waals surface area (Å²) < 4.78 is 5.64. The van der Waals surface area contributed by atoms with E-state index >= 15 is 0 Å². The number of furan rings is 1. The molecule has 0 spiro atoms. The number of benzene rings is 2. The van der Waals surface area contributed by atoms with Crippen molar-refractivity contribution < 1.29 is 9.34 Å². The zero-order chi connectivity index (χ0) is 19.2. The van der Waals surface area contributed by atoms with Gasteiger partial charge in [0.25, 0.3) is 5.69 Å². The maximum atomic E-state index is 10.8.